The fourth-order valence-electron chi connectivity index (χ4n) is 0.540. The van der Waals surface area contributed by atoms with E-state index in [9.17, 15) is 4.79 Å². The van der Waals surface area contributed by atoms with Crippen molar-refractivity contribution < 1.29 is 21.9 Å². The van der Waals surface area contributed by atoms with E-state index in [2.05, 4.69) is 0 Å². The second-order valence-corrected chi connectivity index (χ2v) is 1.48. The Hall–Kier alpha value is -0.331. The van der Waals surface area contributed by atoms with Crippen molar-refractivity contribution in [1.82, 2.24) is 0 Å². The Morgan fingerprint density at radius 2 is 1.75 bits per heavy atom. The van der Waals surface area contributed by atoms with Crippen LogP contribution in [-0.4, -0.2) is 6.29 Å². The molecule has 0 saturated carbocycles. The van der Waals surface area contributed by atoms with Crippen LogP contribution in [0.25, 0.3) is 0 Å². The molecule has 0 N–H and O–H groups in total. The quantitative estimate of drug-likeness (QED) is 0.401. The molecule has 1 aliphatic rings. The predicted molar refractivity (Wildman–Crippen MR) is 27.8 cm³/mol. The summed E-state index contributed by atoms with van der Waals surface area (Å²) in [6.45, 7) is 0. The number of hydrogen-bond acceptors (Lipinski definition) is 1. The molecule has 8 heavy (non-hydrogen) atoms. The molecule has 1 aliphatic carbocycles. The van der Waals surface area contributed by atoms with Crippen LogP contribution >= 0.6 is 0 Å². The van der Waals surface area contributed by atoms with Gasteiger partial charge in [-0.3, -0.25) is 0 Å². The summed E-state index contributed by atoms with van der Waals surface area (Å²) in [5.41, 5.74) is 0. The first-order valence-corrected chi connectivity index (χ1v) is 2.24. The van der Waals surface area contributed by atoms with Crippen molar-refractivity contribution in [3.8, 4) is 0 Å². The summed E-state index contributed by atoms with van der Waals surface area (Å²) in [4.78, 5) is 9.90. The number of carbonyl (C=O) groups excluding carboxylic acids is 1. The molecule has 0 heterocycles. The zero-order chi connectivity index (χ0) is 5.11. The molecule has 0 unspecified atom stereocenters. The van der Waals surface area contributed by atoms with Crippen molar-refractivity contribution in [1.29, 1.82) is 0 Å². The zero-order valence-electron chi connectivity index (χ0n) is 4.23. The SMILES string of the molecule is O=CC1C=CC=C1.[Fe]. The largest absolute Gasteiger partial charge is 0.302 e. The third-order valence-corrected chi connectivity index (χ3v) is 0.935. The molecule has 44 valence electrons. The summed E-state index contributed by atoms with van der Waals surface area (Å²) in [5, 5.41) is 0. The van der Waals surface area contributed by atoms with Gasteiger partial charge in [-0.2, -0.15) is 0 Å². The normalized spacial score (nSPS) is 16.0. The molecule has 0 aromatic carbocycles. The minimum atomic E-state index is 0. The van der Waals surface area contributed by atoms with Gasteiger partial charge >= 0.3 is 0 Å². The van der Waals surface area contributed by atoms with Gasteiger partial charge in [0.25, 0.3) is 0 Å². The fourth-order valence-corrected chi connectivity index (χ4v) is 0.540. The van der Waals surface area contributed by atoms with Gasteiger partial charge in [-0.15, -0.1) is 0 Å². The average molecular weight is 150 g/mol. The fraction of sp³-hybridized carbons (Fsp3) is 0.167. The van der Waals surface area contributed by atoms with Crippen LogP contribution in [0.1, 0.15) is 0 Å². The van der Waals surface area contributed by atoms with Gasteiger partial charge in [0.05, 0.1) is 5.92 Å². The van der Waals surface area contributed by atoms with E-state index in [1.807, 2.05) is 24.3 Å². The van der Waals surface area contributed by atoms with Gasteiger partial charge < -0.3 is 4.79 Å². The van der Waals surface area contributed by atoms with E-state index in [0.717, 1.165) is 6.29 Å². The molecule has 0 fully saturated rings. The smallest absolute Gasteiger partial charge is 0.130 e. The molecule has 1 nitrogen and oxygen atoms in total. The summed E-state index contributed by atoms with van der Waals surface area (Å²) in [6.07, 6.45) is 8.37. The number of allylic oxidation sites excluding steroid dienone is 4. The van der Waals surface area contributed by atoms with Crippen molar-refractivity contribution in [2.75, 3.05) is 0 Å². The minimum absolute atomic E-state index is 0. The van der Waals surface area contributed by atoms with E-state index >= 15 is 0 Å². The van der Waals surface area contributed by atoms with Crippen molar-refractivity contribution in [3.05, 3.63) is 24.3 Å². The second kappa shape index (κ2) is 3.64. The summed E-state index contributed by atoms with van der Waals surface area (Å²) < 4.78 is 0. The van der Waals surface area contributed by atoms with E-state index in [4.69, 9.17) is 0 Å². The molecule has 0 spiro atoms. The van der Waals surface area contributed by atoms with E-state index in [-0.39, 0.29) is 23.0 Å². The Morgan fingerprint density at radius 3 is 2.00 bits per heavy atom. The van der Waals surface area contributed by atoms with Gasteiger partial charge in [-0.05, 0) is 0 Å². The van der Waals surface area contributed by atoms with Gasteiger partial charge in [-0.25, -0.2) is 0 Å². The summed E-state index contributed by atoms with van der Waals surface area (Å²) in [6, 6.07) is 0. The topological polar surface area (TPSA) is 17.1 Å². The van der Waals surface area contributed by atoms with Crippen LogP contribution < -0.4 is 0 Å². The molecule has 0 radical (unpaired) electrons. The summed E-state index contributed by atoms with van der Waals surface area (Å²) in [7, 11) is 0. The third kappa shape index (κ3) is 1.64. The Morgan fingerprint density at radius 1 is 1.25 bits per heavy atom. The van der Waals surface area contributed by atoms with E-state index in [1.54, 1.807) is 0 Å². The second-order valence-electron chi connectivity index (χ2n) is 1.48. The standard InChI is InChI=1S/C6H6O.Fe/c7-5-6-3-1-2-4-6;/h1-6H;. The van der Waals surface area contributed by atoms with Crippen LogP contribution in [0.3, 0.4) is 0 Å². The Bertz CT molecular complexity index is 114. The first kappa shape index (κ1) is 7.67. The van der Waals surface area contributed by atoms with Crippen molar-refractivity contribution in [3.63, 3.8) is 0 Å². The number of rotatable bonds is 1. The van der Waals surface area contributed by atoms with E-state index in [0.29, 0.717) is 0 Å². The third-order valence-electron chi connectivity index (χ3n) is 0.935. The van der Waals surface area contributed by atoms with Crippen LogP contribution in [0.4, 0.5) is 0 Å². The monoisotopic (exact) mass is 150 g/mol. The minimum Gasteiger partial charge on any atom is -0.302 e. The van der Waals surface area contributed by atoms with Crippen LogP contribution in [0.2, 0.25) is 0 Å². The van der Waals surface area contributed by atoms with Gasteiger partial charge in [0.15, 0.2) is 0 Å². The zero-order valence-corrected chi connectivity index (χ0v) is 5.33. The molecule has 0 bridgehead atoms. The number of hydrogen-bond donors (Lipinski definition) is 0. The maximum Gasteiger partial charge on any atom is 0.130 e. The van der Waals surface area contributed by atoms with E-state index < -0.39 is 0 Å². The Labute approximate surface area is 58.9 Å². The number of carbonyl (C=O) groups is 1. The Balaban J connectivity index is 0.000000490. The predicted octanol–water partition coefficient (Wildman–Crippen LogP) is 0.925. The van der Waals surface area contributed by atoms with Crippen LogP contribution in [-0.2, 0) is 21.9 Å². The van der Waals surface area contributed by atoms with Crippen molar-refractivity contribution >= 4 is 6.29 Å². The first-order chi connectivity index (χ1) is 3.43. The molecule has 0 atom stereocenters. The van der Waals surface area contributed by atoms with Gasteiger partial charge in [0, 0.05) is 17.1 Å². The molecule has 1 rings (SSSR count). The van der Waals surface area contributed by atoms with Gasteiger partial charge in [0.1, 0.15) is 6.29 Å². The van der Waals surface area contributed by atoms with Crippen LogP contribution in [0.5, 0.6) is 0 Å². The average Bonchev–Trinajstić information content (AvgIpc) is 2.14. The maximum absolute atomic E-state index is 9.90. The first-order valence-electron chi connectivity index (χ1n) is 2.24. The van der Waals surface area contributed by atoms with Crippen LogP contribution in [0, 0.1) is 5.92 Å². The molecule has 0 aromatic heterocycles. The molecule has 0 saturated heterocycles. The van der Waals surface area contributed by atoms with Crippen molar-refractivity contribution in [2.45, 2.75) is 0 Å². The summed E-state index contributed by atoms with van der Waals surface area (Å²) in [5.74, 6) is 0.0556. The molecular weight excluding hydrogens is 144 g/mol. The Kier molecular flexibility index (Phi) is 3.49. The summed E-state index contributed by atoms with van der Waals surface area (Å²) >= 11 is 0. The number of aldehydes is 1. The molecule has 0 aliphatic heterocycles. The molecular formula is C6H6FeO. The van der Waals surface area contributed by atoms with Gasteiger partial charge in [0.2, 0.25) is 0 Å². The maximum atomic E-state index is 9.90. The van der Waals surface area contributed by atoms with Gasteiger partial charge in [-0.1, -0.05) is 24.3 Å². The van der Waals surface area contributed by atoms with E-state index in [1.165, 1.54) is 0 Å². The van der Waals surface area contributed by atoms with Crippen molar-refractivity contribution in [2.24, 2.45) is 5.92 Å². The molecule has 2 heteroatoms. The molecule has 0 aromatic rings. The molecule has 0 amide bonds. The van der Waals surface area contributed by atoms with Crippen LogP contribution in [0.15, 0.2) is 24.3 Å².